The molecule has 0 atom stereocenters. The van der Waals surface area contributed by atoms with Gasteiger partial charge in [0.25, 0.3) is 0 Å². The lowest BCUT2D eigenvalue weighted by Gasteiger charge is -2.37. The first-order valence-electron chi connectivity index (χ1n) is 10.9. The number of furan rings is 1. The summed E-state index contributed by atoms with van der Waals surface area (Å²) >= 11 is 0. The van der Waals surface area contributed by atoms with Crippen LogP contribution < -0.4 is 4.90 Å². The number of nitrogens with zero attached hydrogens (tertiary/aromatic N) is 2. The molecule has 1 aromatic heterocycles. The normalized spacial score (nSPS) is 21.7. The Bertz CT molecular complexity index is 830. The van der Waals surface area contributed by atoms with Crippen LogP contribution in [0.2, 0.25) is 0 Å². The third-order valence-corrected chi connectivity index (χ3v) is 6.28. The Kier molecular flexibility index (Phi) is 6.16. The van der Waals surface area contributed by atoms with Crippen LogP contribution in [0, 0.1) is 0 Å². The average molecular weight is 381 g/mol. The molecule has 2 heterocycles. The third kappa shape index (κ3) is 4.33. The Labute approximate surface area is 168 Å². The highest BCUT2D eigenvalue weighted by molar-refractivity contribution is 6.01. The molecule has 1 aliphatic heterocycles. The van der Waals surface area contributed by atoms with E-state index in [0.717, 1.165) is 43.2 Å². The van der Waals surface area contributed by atoms with Crippen LogP contribution in [-0.2, 0) is 4.79 Å². The van der Waals surface area contributed by atoms with Gasteiger partial charge in [-0.3, -0.25) is 14.6 Å². The van der Waals surface area contributed by atoms with Crippen LogP contribution in [0.1, 0.15) is 58.3 Å². The van der Waals surface area contributed by atoms with Crippen LogP contribution in [0.5, 0.6) is 0 Å². The van der Waals surface area contributed by atoms with Gasteiger partial charge < -0.3 is 4.42 Å². The lowest BCUT2D eigenvalue weighted by molar-refractivity contribution is -0.117. The molecule has 4 rings (SSSR count). The summed E-state index contributed by atoms with van der Waals surface area (Å²) in [6.45, 7) is 4.86. The second kappa shape index (κ2) is 8.95. The number of anilines is 1. The van der Waals surface area contributed by atoms with Crippen LogP contribution in [0.4, 0.5) is 5.88 Å². The van der Waals surface area contributed by atoms with Gasteiger partial charge in [0, 0.05) is 43.4 Å². The Morgan fingerprint density at radius 2 is 1.93 bits per heavy atom. The van der Waals surface area contributed by atoms with Crippen molar-refractivity contribution in [3.05, 3.63) is 42.2 Å². The molecule has 1 amide bonds. The number of fused-ring (bicyclic) bond motifs is 1. The first kappa shape index (κ1) is 19.3. The minimum Gasteiger partial charge on any atom is -0.447 e. The number of carbonyl (C=O) groups is 1. The number of amides is 1. The van der Waals surface area contributed by atoms with Crippen LogP contribution >= 0.6 is 0 Å². The van der Waals surface area contributed by atoms with Gasteiger partial charge in [-0.25, -0.2) is 0 Å². The van der Waals surface area contributed by atoms with Gasteiger partial charge in [-0.2, -0.15) is 0 Å². The minimum absolute atomic E-state index is 0.0706. The summed E-state index contributed by atoms with van der Waals surface area (Å²) in [7, 11) is 0. The first-order valence-corrected chi connectivity index (χ1v) is 10.9. The van der Waals surface area contributed by atoms with Crippen molar-refractivity contribution in [2.24, 2.45) is 0 Å². The molecule has 150 valence electrons. The predicted molar refractivity (Wildman–Crippen MR) is 115 cm³/mol. The average Bonchev–Trinajstić information content (AvgIpc) is 3.09. The van der Waals surface area contributed by atoms with E-state index in [-0.39, 0.29) is 11.9 Å². The van der Waals surface area contributed by atoms with E-state index in [2.05, 4.69) is 11.0 Å². The molecule has 1 aliphatic carbocycles. The van der Waals surface area contributed by atoms with E-state index in [9.17, 15) is 4.79 Å². The van der Waals surface area contributed by atoms with Crippen molar-refractivity contribution in [3.63, 3.8) is 0 Å². The standard InChI is InChI=1S/C24H32N2O2/c1-19(27)26(24-23-12-8-7-11-21(23)18-28-24)22-13-15-25(16-14-22)17-20-9-5-3-2-4-6-10-20/h7-9,11-12,18,22H,2-6,10,13-17H2,1H3/b20-9+. The van der Waals surface area contributed by atoms with Crippen molar-refractivity contribution in [1.82, 2.24) is 4.90 Å². The molecule has 4 heteroatoms. The SMILES string of the molecule is CC(=O)N(c1occ2ccccc12)C1CCN(C/C2=C/CCCCCC2)CC1. The zero-order valence-corrected chi connectivity index (χ0v) is 17.0. The quantitative estimate of drug-likeness (QED) is 0.654. The summed E-state index contributed by atoms with van der Waals surface area (Å²) in [6, 6.07) is 8.30. The second-order valence-electron chi connectivity index (χ2n) is 8.34. The lowest BCUT2D eigenvalue weighted by Crippen LogP contribution is -2.47. The van der Waals surface area contributed by atoms with Gasteiger partial charge in [0.05, 0.1) is 0 Å². The van der Waals surface area contributed by atoms with Gasteiger partial charge >= 0.3 is 0 Å². The fourth-order valence-corrected chi connectivity index (χ4v) is 4.75. The number of allylic oxidation sites excluding steroid dienone is 1. The number of piperidine rings is 1. The summed E-state index contributed by atoms with van der Waals surface area (Å²) in [5.74, 6) is 0.783. The Morgan fingerprint density at radius 1 is 1.14 bits per heavy atom. The number of benzene rings is 1. The number of hydrogen-bond acceptors (Lipinski definition) is 3. The molecule has 28 heavy (non-hydrogen) atoms. The largest absolute Gasteiger partial charge is 0.447 e. The molecule has 1 aromatic carbocycles. The van der Waals surface area contributed by atoms with E-state index in [1.54, 1.807) is 18.8 Å². The molecule has 0 saturated carbocycles. The lowest BCUT2D eigenvalue weighted by atomic mass is 9.98. The van der Waals surface area contributed by atoms with Crippen molar-refractivity contribution in [2.75, 3.05) is 24.5 Å². The third-order valence-electron chi connectivity index (χ3n) is 6.28. The molecule has 1 saturated heterocycles. The van der Waals surface area contributed by atoms with Gasteiger partial charge in [0.2, 0.25) is 11.8 Å². The molecule has 0 unspecified atom stereocenters. The van der Waals surface area contributed by atoms with E-state index < -0.39 is 0 Å². The highest BCUT2D eigenvalue weighted by Crippen LogP contribution is 2.33. The minimum atomic E-state index is 0.0706. The predicted octanol–water partition coefficient (Wildman–Crippen LogP) is 5.53. The Hall–Kier alpha value is -2.07. The van der Waals surface area contributed by atoms with Crippen LogP contribution in [0.25, 0.3) is 10.8 Å². The smallest absolute Gasteiger partial charge is 0.226 e. The van der Waals surface area contributed by atoms with E-state index in [4.69, 9.17) is 4.42 Å². The van der Waals surface area contributed by atoms with Gasteiger partial charge in [0.1, 0.15) is 6.26 Å². The van der Waals surface area contributed by atoms with Crippen LogP contribution in [0.3, 0.4) is 0 Å². The maximum Gasteiger partial charge on any atom is 0.226 e. The fourth-order valence-electron chi connectivity index (χ4n) is 4.75. The Balaban J connectivity index is 1.42. The highest BCUT2D eigenvalue weighted by atomic mass is 16.3. The van der Waals surface area contributed by atoms with Gasteiger partial charge in [-0.05, 0) is 44.6 Å². The molecule has 0 N–H and O–H groups in total. The first-order chi connectivity index (χ1) is 13.7. The molecular weight excluding hydrogens is 348 g/mol. The monoisotopic (exact) mass is 380 g/mol. The fraction of sp³-hybridized carbons (Fsp3) is 0.542. The van der Waals surface area contributed by atoms with Crippen molar-refractivity contribution in [2.45, 2.75) is 64.3 Å². The van der Waals surface area contributed by atoms with Gasteiger partial charge in [-0.1, -0.05) is 42.7 Å². The van der Waals surface area contributed by atoms with Crippen LogP contribution in [-0.4, -0.2) is 36.5 Å². The van der Waals surface area contributed by atoms with Crippen molar-refractivity contribution in [3.8, 4) is 0 Å². The van der Waals surface area contributed by atoms with E-state index >= 15 is 0 Å². The van der Waals surface area contributed by atoms with Crippen LogP contribution in [0.15, 0.2) is 46.6 Å². The number of likely N-dealkylation sites (tertiary alicyclic amines) is 1. The summed E-state index contributed by atoms with van der Waals surface area (Å²) in [4.78, 5) is 17.0. The molecule has 1 fully saturated rings. The highest BCUT2D eigenvalue weighted by Gasteiger charge is 2.30. The summed E-state index contributed by atoms with van der Waals surface area (Å²) in [5.41, 5.74) is 1.62. The second-order valence-corrected chi connectivity index (χ2v) is 8.34. The molecule has 2 aromatic rings. The van der Waals surface area contributed by atoms with Crippen molar-refractivity contribution in [1.29, 1.82) is 0 Å². The summed E-state index contributed by atoms with van der Waals surface area (Å²) in [5, 5.41) is 2.08. The number of rotatable bonds is 4. The molecule has 2 aliphatic rings. The number of hydrogen-bond donors (Lipinski definition) is 0. The molecule has 4 nitrogen and oxygen atoms in total. The van der Waals surface area contributed by atoms with E-state index in [1.807, 2.05) is 29.2 Å². The summed E-state index contributed by atoms with van der Waals surface area (Å²) < 4.78 is 5.85. The maximum absolute atomic E-state index is 12.5. The Morgan fingerprint density at radius 3 is 2.75 bits per heavy atom. The number of carbonyl (C=O) groups excluding carboxylic acids is 1. The zero-order valence-electron chi connectivity index (χ0n) is 17.0. The van der Waals surface area contributed by atoms with Crippen molar-refractivity contribution >= 4 is 22.6 Å². The van der Waals surface area contributed by atoms with E-state index in [0.29, 0.717) is 5.88 Å². The maximum atomic E-state index is 12.5. The van der Waals surface area contributed by atoms with E-state index in [1.165, 1.54) is 38.5 Å². The molecular formula is C24H32N2O2. The topological polar surface area (TPSA) is 36.7 Å². The molecule has 0 radical (unpaired) electrons. The van der Waals surface area contributed by atoms with Crippen molar-refractivity contribution < 1.29 is 9.21 Å². The molecule has 0 spiro atoms. The van der Waals surface area contributed by atoms with Gasteiger partial charge in [0.15, 0.2) is 0 Å². The zero-order chi connectivity index (χ0) is 19.3. The van der Waals surface area contributed by atoms with Gasteiger partial charge in [-0.15, -0.1) is 0 Å². The summed E-state index contributed by atoms with van der Waals surface area (Å²) in [6.07, 6.45) is 14.2. The molecule has 0 bridgehead atoms.